The number of aldehydes is 1. The number of carbonyl (C=O) groups is 1. The number of benzene rings is 1. The van der Waals surface area contributed by atoms with Crippen molar-refractivity contribution in [2.24, 2.45) is 5.92 Å². The third-order valence-corrected chi connectivity index (χ3v) is 5.29. The number of nitrogens with zero attached hydrogens (tertiary/aromatic N) is 2. The Morgan fingerprint density at radius 3 is 2.96 bits per heavy atom. The zero-order valence-electron chi connectivity index (χ0n) is 13.3. The standard InChI is InChI=1S/C19H13Cl2IN2O/c1-12-5-3-2-4-6-15(12)19-23-18(22)17(11-25)24(19)10-13-9-14(20)7-8-16(13)21/h2,4,6-9,11-12H,10H2,1H3. The normalized spacial score (nSPS) is 16.0. The van der Waals surface area contributed by atoms with Gasteiger partial charge in [0.05, 0.1) is 6.54 Å². The lowest BCUT2D eigenvalue weighted by Crippen LogP contribution is -2.11. The Hall–Kier alpha value is -1.55. The van der Waals surface area contributed by atoms with Crippen molar-refractivity contribution in [1.29, 1.82) is 0 Å². The summed E-state index contributed by atoms with van der Waals surface area (Å²) in [6.07, 6.45) is 6.49. The molecule has 0 amide bonds. The van der Waals surface area contributed by atoms with Crippen LogP contribution in [0.2, 0.25) is 10.0 Å². The van der Waals surface area contributed by atoms with E-state index in [0.717, 1.165) is 23.2 Å². The second-order valence-electron chi connectivity index (χ2n) is 5.54. The summed E-state index contributed by atoms with van der Waals surface area (Å²) in [5.74, 6) is 6.86. The summed E-state index contributed by atoms with van der Waals surface area (Å²) < 4.78 is 2.52. The molecule has 0 saturated heterocycles. The van der Waals surface area contributed by atoms with Crippen LogP contribution in [-0.4, -0.2) is 15.8 Å². The first kappa shape index (κ1) is 18.2. The lowest BCUT2D eigenvalue weighted by Gasteiger charge is -2.15. The molecule has 3 nitrogen and oxygen atoms in total. The Bertz CT molecular complexity index is 964. The summed E-state index contributed by atoms with van der Waals surface area (Å²) in [5.41, 5.74) is 2.31. The second-order valence-corrected chi connectivity index (χ2v) is 7.41. The minimum atomic E-state index is 0.00119. The zero-order chi connectivity index (χ0) is 18.0. The van der Waals surface area contributed by atoms with Crippen LogP contribution in [0.25, 0.3) is 5.57 Å². The van der Waals surface area contributed by atoms with Crippen LogP contribution in [0.15, 0.2) is 36.4 Å². The molecule has 1 heterocycles. The van der Waals surface area contributed by atoms with Gasteiger partial charge in [0.15, 0.2) is 6.29 Å². The zero-order valence-corrected chi connectivity index (χ0v) is 16.9. The van der Waals surface area contributed by atoms with Crippen molar-refractivity contribution in [3.05, 3.63) is 67.3 Å². The van der Waals surface area contributed by atoms with Crippen LogP contribution < -0.4 is 0 Å². The Morgan fingerprint density at radius 2 is 2.20 bits per heavy atom. The molecule has 2 aromatic rings. The molecular formula is C19H13Cl2IN2O. The molecule has 1 aliphatic carbocycles. The van der Waals surface area contributed by atoms with Crippen LogP contribution in [0.4, 0.5) is 0 Å². The molecule has 0 spiro atoms. The maximum atomic E-state index is 11.6. The van der Waals surface area contributed by atoms with Gasteiger partial charge in [0.2, 0.25) is 0 Å². The smallest absolute Gasteiger partial charge is 0.169 e. The van der Waals surface area contributed by atoms with E-state index in [4.69, 9.17) is 23.2 Å². The molecule has 3 rings (SSSR count). The van der Waals surface area contributed by atoms with E-state index < -0.39 is 0 Å². The first-order chi connectivity index (χ1) is 12.0. The number of aromatic nitrogens is 2. The van der Waals surface area contributed by atoms with Crippen molar-refractivity contribution < 1.29 is 4.79 Å². The number of hydrogen-bond donors (Lipinski definition) is 0. The van der Waals surface area contributed by atoms with Gasteiger partial charge in [0.1, 0.15) is 15.2 Å². The van der Waals surface area contributed by atoms with E-state index in [2.05, 4.69) is 39.4 Å². The van der Waals surface area contributed by atoms with Gasteiger partial charge in [-0.25, -0.2) is 4.98 Å². The number of allylic oxidation sites excluding steroid dienone is 4. The maximum Gasteiger partial charge on any atom is 0.169 e. The summed E-state index contributed by atoms with van der Waals surface area (Å²) in [5, 5.41) is 1.19. The van der Waals surface area contributed by atoms with E-state index in [-0.39, 0.29) is 5.92 Å². The third kappa shape index (κ3) is 3.84. The Labute approximate surface area is 169 Å². The second kappa shape index (κ2) is 7.77. The lowest BCUT2D eigenvalue weighted by atomic mass is 10.0. The molecule has 1 aromatic carbocycles. The Balaban J connectivity index is 2.14. The van der Waals surface area contributed by atoms with Gasteiger partial charge in [-0.15, -0.1) is 0 Å². The molecule has 0 saturated carbocycles. The number of rotatable bonds is 4. The average Bonchev–Trinajstić information content (AvgIpc) is 2.74. The Kier molecular flexibility index (Phi) is 5.67. The topological polar surface area (TPSA) is 34.9 Å². The predicted molar refractivity (Wildman–Crippen MR) is 110 cm³/mol. The van der Waals surface area contributed by atoms with Gasteiger partial charge in [-0.1, -0.05) is 47.2 Å². The van der Waals surface area contributed by atoms with Gasteiger partial charge in [-0.05, 0) is 59.4 Å². The van der Waals surface area contributed by atoms with Crippen LogP contribution in [-0.2, 0) is 6.54 Å². The third-order valence-electron chi connectivity index (χ3n) is 3.89. The van der Waals surface area contributed by atoms with Gasteiger partial charge >= 0.3 is 0 Å². The van der Waals surface area contributed by atoms with Crippen LogP contribution in [0, 0.1) is 21.5 Å². The molecule has 0 N–H and O–H groups in total. The molecule has 126 valence electrons. The molecule has 0 fully saturated rings. The summed E-state index contributed by atoms with van der Waals surface area (Å²) in [7, 11) is 0. The lowest BCUT2D eigenvalue weighted by molar-refractivity contribution is 0.111. The average molecular weight is 483 g/mol. The molecule has 25 heavy (non-hydrogen) atoms. The highest BCUT2D eigenvalue weighted by Crippen LogP contribution is 2.29. The molecule has 1 aromatic heterocycles. The van der Waals surface area contributed by atoms with E-state index >= 15 is 0 Å². The van der Waals surface area contributed by atoms with Crippen LogP contribution in [0.1, 0.15) is 28.8 Å². The molecular weight excluding hydrogens is 470 g/mol. The highest BCUT2D eigenvalue weighted by Gasteiger charge is 2.21. The minimum absolute atomic E-state index is 0.00119. The molecule has 0 bridgehead atoms. The molecule has 1 aliphatic rings. The van der Waals surface area contributed by atoms with Gasteiger partial charge in [0, 0.05) is 21.5 Å². The quantitative estimate of drug-likeness (QED) is 0.339. The molecule has 1 unspecified atom stereocenters. The molecule has 1 atom stereocenters. The van der Waals surface area contributed by atoms with Crippen LogP contribution in [0.3, 0.4) is 0 Å². The fraction of sp³-hybridized carbons (Fsp3) is 0.158. The number of halogens is 3. The summed E-state index contributed by atoms with van der Waals surface area (Å²) in [6, 6.07) is 5.30. The maximum absolute atomic E-state index is 11.6. The van der Waals surface area contributed by atoms with Crippen molar-refractivity contribution in [2.45, 2.75) is 13.5 Å². The molecule has 0 aliphatic heterocycles. The highest BCUT2D eigenvalue weighted by atomic mass is 127. The monoisotopic (exact) mass is 482 g/mol. The van der Waals surface area contributed by atoms with E-state index in [0.29, 0.717) is 26.0 Å². The SMILES string of the molecule is CC1C#CC=CC=C1c1nc(I)c(C=O)n1Cc1cc(Cl)ccc1Cl. The minimum Gasteiger partial charge on any atom is -0.317 e. The van der Waals surface area contributed by atoms with Gasteiger partial charge < -0.3 is 4.57 Å². The summed E-state index contributed by atoms with van der Waals surface area (Å²) in [4.78, 5) is 16.3. The van der Waals surface area contributed by atoms with E-state index in [1.54, 1.807) is 24.3 Å². The van der Waals surface area contributed by atoms with E-state index in [1.165, 1.54) is 0 Å². The van der Waals surface area contributed by atoms with Crippen molar-refractivity contribution in [2.75, 3.05) is 0 Å². The molecule has 6 heteroatoms. The van der Waals surface area contributed by atoms with E-state index in [9.17, 15) is 4.79 Å². The fourth-order valence-electron chi connectivity index (χ4n) is 2.63. The largest absolute Gasteiger partial charge is 0.317 e. The number of carbonyl (C=O) groups excluding carboxylic acids is 1. The predicted octanol–water partition coefficient (Wildman–Crippen LogP) is 5.25. The number of hydrogen-bond acceptors (Lipinski definition) is 2. The van der Waals surface area contributed by atoms with Crippen LogP contribution in [0.5, 0.6) is 0 Å². The van der Waals surface area contributed by atoms with Crippen molar-refractivity contribution in [3.63, 3.8) is 0 Å². The van der Waals surface area contributed by atoms with Crippen LogP contribution >= 0.6 is 45.8 Å². The summed E-state index contributed by atoms with van der Waals surface area (Å²) >= 11 is 14.5. The van der Waals surface area contributed by atoms with Crippen molar-refractivity contribution in [1.82, 2.24) is 9.55 Å². The van der Waals surface area contributed by atoms with Gasteiger partial charge in [-0.3, -0.25) is 4.79 Å². The molecule has 0 radical (unpaired) electrons. The van der Waals surface area contributed by atoms with Gasteiger partial charge in [-0.2, -0.15) is 0 Å². The first-order valence-electron chi connectivity index (χ1n) is 7.54. The highest BCUT2D eigenvalue weighted by molar-refractivity contribution is 14.1. The van der Waals surface area contributed by atoms with Gasteiger partial charge in [0.25, 0.3) is 0 Å². The first-order valence-corrected chi connectivity index (χ1v) is 9.38. The Morgan fingerprint density at radius 1 is 1.40 bits per heavy atom. The van der Waals surface area contributed by atoms with Crippen molar-refractivity contribution in [3.8, 4) is 11.8 Å². The van der Waals surface area contributed by atoms with E-state index in [1.807, 2.05) is 23.6 Å². The summed E-state index contributed by atoms with van der Waals surface area (Å²) in [6.45, 7) is 2.42. The van der Waals surface area contributed by atoms with Crippen molar-refractivity contribution >= 4 is 57.7 Å². The number of imidazole rings is 1. The fourth-order valence-corrected chi connectivity index (χ4v) is 3.65.